The maximum Gasteiger partial charge on any atom is 0.248 e. The van der Waals surface area contributed by atoms with E-state index in [1.807, 2.05) is 13.8 Å². The van der Waals surface area contributed by atoms with Gasteiger partial charge in [0.15, 0.2) is 0 Å². The van der Waals surface area contributed by atoms with Gasteiger partial charge in [0, 0.05) is 26.2 Å². The molecule has 1 fully saturated rings. The highest BCUT2D eigenvalue weighted by Gasteiger charge is 2.30. The number of likely N-dealkylation sites (tertiary alicyclic amines) is 1. The van der Waals surface area contributed by atoms with Crippen LogP contribution in [-0.2, 0) is 29.4 Å². The molecule has 0 atom stereocenters. The number of sulfone groups is 1. The number of nitrogens with one attached hydrogen (secondary N) is 1. The summed E-state index contributed by atoms with van der Waals surface area (Å²) in [4.78, 5) is 13.2. The molecule has 0 radical (unpaired) electrons. The van der Waals surface area contributed by atoms with E-state index >= 15 is 0 Å². The standard InChI is InChI=1S/C23H29FN2O6S2/c1-16(2)21-9-8-20(33(28,29)19-6-4-17(24)5-7-19)14-22(21)34(30,31)25-18-10-12-26(13-11-18)23(27)15-32-3/h4-9,14,16,18,25H,10-13,15H2,1-3H3. The Hall–Kier alpha value is -2.34. The van der Waals surface area contributed by atoms with Gasteiger partial charge in [0.2, 0.25) is 25.8 Å². The van der Waals surface area contributed by atoms with Crippen molar-refractivity contribution in [1.29, 1.82) is 0 Å². The van der Waals surface area contributed by atoms with E-state index in [9.17, 15) is 26.0 Å². The van der Waals surface area contributed by atoms with E-state index in [4.69, 9.17) is 4.74 Å². The minimum Gasteiger partial charge on any atom is -0.375 e. The van der Waals surface area contributed by atoms with Crippen LogP contribution in [0.5, 0.6) is 0 Å². The smallest absolute Gasteiger partial charge is 0.248 e. The predicted octanol–water partition coefficient (Wildman–Crippen LogP) is 2.70. The van der Waals surface area contributed by atoms with E-state index in [1.165, 1.54) is 19.2 Å². The Balaban J connectivity index is 1.88. The van der Waals surface area contributed by atoms with Gasteiger partial charge >= 0.3 is 0 Å². The fraction of sp³-hybridized carbons (Fsp3) is 0.435. The topological polar surface area (TPSA) is 110 Å². The largest absolute Gasteiger partial charge is 0.375 e. The molecule has 1 aliphatic heterocycles. The van der Waals surface area contributed by atoms with Crippen molar-refractivity contribution in [2.75, 3.05) is 26.8 Å². The molecule has 1 saturated heterocycles. The lowest BCUT2D eigenvalue weighted by Gasteiger charge is -2.32. The fourth-order valence-corrected chi connectivity index (χ4v) is 6.94. The van der Waals surface area contributed by atoms with Crippen LogP contribution in [0.4, 0.5) is 4.39 Å². The average molecular weight is 513 g/mol. The van der Waals surface area contributed by atoms with E-state index in [0.717, 1.165) is 30.3 Å². The molecule has 2 aromatic rings. The zero-order chi connectivity index (χ0) is 25.1. The Bertz CT molecular complexity index is 1240. The summed E-state index contributed by atoms with van der Waals surface area (Å²) in [5.74, 6) is -0.899. The molecule has 0 bridgehead atoms. The molecule has 34 heavy (non-hydrogen) atoms. The van der Waals surface area contributed by atoms with Gasteiger partial charge in [0.1, 0.15) is 12.4 Å². The molecule has 3 rings (SSSR count). The van der Waals surface area contributed by atoms with Crippen molar-refractivity contribution in [3.8, 4) is 0 Å². The van der Waals surface area contributed by atoms with Gasteiger partial charge in [-0.15, -0.1) is 0 Å². The molecule has 0 saturated carbocycles. The van der Waals surface area contributed by atoms with E-state index in [-0.39, 0.29) is 33.1 Å². The van der Waals surface area contributed by atoms with Crippen molar-refractivity contribution < 1.29 is 30.8 Å². The Labute approximate surface area is 200 Å². The first-order valence-corrected chi connectivity index (χ1v) is 13.9. The van der Waals surface area contributed by atoms with Crippen LogP contribution < -0.4 is 4.72 Å². The molecule has 1 N–H and O–H groups in total. The molecule has 0 unspecified atom stereocenters. The summed E-state index contributed by atoms with van der Waals surface area (Å²) in [7, 11) is -6.67. The van der Waals surface area contributed by atoms with Crippen LogP contribution in [0.3, 0.4) is 0 Å². The zero-order valence-corrected chi connectivity index (χ0v) is 21.0. The number of ether oxygens (including phenoxy) is 1. The Morgan fingerprint density at radius 1 is 1.06 bits per heavy atom. The van der Waals surface area contributed by atoms with Crippen LogP contribution in [0.25, 0.3) is 0 Å². The van der Waals surface area contributed by atoms with E-state index < -0.39 is 31.7 Å². The van der Waals surface area contributed by atoms with Gasteiger partial charge in [-0.25, -0.2) is 25.9 Å². The average Bonchev–Trinajstić information content (AvgIpc) is 2.79. The number of piperidine rings is 1. The number of hydrogen-bond donors (Lipinski definition) is 1. The highest BCUT2D eigenvalue weighted by Crippen LogP contribution is 2.30. The second-order valence-electron chi connectivity index (χ2n) is 8.52. The highest BCUT2D eigenvalue weighted by atomic mass is 32.2. The number of sulfonamides is 1. The van der Waals surface area contributed by atoms with Crippen molar-refractivity contribution in [1.82, 2.24) is 9.62 Å². The summed E-state index contributed by atoms with van der Waals surface area (Å²) >= 11 is 0. The molecule has 1 amide bonds. The number of carbonyl (C=O) groups excluding carboxylic acids is 1. The number of hydrogen-bond acceptors (Lipinski definition) is 6. The molecule has 186 valence electrons. The lowest BCUT2D eigenvalue weighted by Crippen LogP contribution is -2.47. The van der Waals surface area contributed by atoms with Gasteiger partial charge in [0.25, 0.3) is 0 Å². The number of rotatable bonds is 8. The third kappa shape index (κ3) is 5.83. The third-order valence-electron chi connectivity index (χ3n) is 5.77. The van der Waals surface area contributed by atoms with Crippen LogP contribution in [0.1, 0.15) is 38.2 Å². The Morgan fingerprint density at radius 3 is 2.21 bits per heavy atom. The second kappa shape index (κ2) is 10.5. The van der Waals surface area contributed by atoms with Crippen LogP contribution >= 0.6 is 0 Å². The molecule has 11 heteroatoms. The van der Waals surface area contributed by atoms with Gasteiger partial charge in [0.05, 0.1) is 14.7 Å². The lowest BCUT2D eigenvalue weighted by atomic mass is 10.0. The lowest BCUT2D eigenvalue weighted by molar-refractivity contribution is -0.136. The van der Waals surface area contributed by atoms with Gasteiger partial charge in [-0.2, -0.15) is 0 Å². The number of nitrogens with zero attached hydrogens (tertiary/aromatic N) is 1. The number of amides is 1. The molecular weight excluding hydrogens is 483 g/mol. The molecule has 0 spiro atoms. The SMILES string of the molecule is COCC(=O)N1CCC(NS(=O)(=O)c2cc(S(=O)(=O)c3ccc(F)cc3)ccc2C(C)C)CC1. The van der Waals surface area contributed by atoms with Crippen LogP contribution in [0.15, 0.2) is 57.2 Å². The number of benzene rings is 2. The normalized spacial score (nSPS) is 15.6. The number of carbonyl (C=O) groups is 1. The summed E-state index contributed by atoms with van der Waals surface area (Å²) < 4.78 is 73.6. The Morgan fingerprint density at radius 2 is 1.65 bits per heavy atom. The summed E-state index contributed by atoms with van der Waals surface area (Å²) in [5, 5.41) is 0. The minimum atomic E-state index is -4.06. The molecule has 2 aromatic carbocycles. The van der Waals surface area contributed by atoms with E-state index in [1.54, 1.807) is 4.90 Å². The monoisotopic (exact) mass is 512 g/mol. The summed E-state index contributed by atoms with van der Waals surface area (Å²) in [6, 6.07) is 8.01. The summed E-state index contributed by atoms with van der Waals surface area (Å²) in [6.45, 7) is 4.41. The molecule has 8 nitrogen and oxygen atoms in total. The van der Waals surface area contributed by atoms with Crippen molar-refractivity contribution in [2.45, 2.75) is 53.3 Å². The van der Waals surface area contributed by atoms with Crippen molar-refractivity contribution in [3.63, 3.8) is 0 Å². The maximum atomic E-state index is 13.3. The molecule has 0 aliphatic carbocycles. The first kappa shape index (κ1) is 26.3. The molecular formula is C23H29FN2O6S2. The van der Waals surface area contributed by atoms with Crippen LogP contribution in [-0.4, -0.2) is 60.5 Å². The van der Waals surface area contributed by atoms with Crippen LogP contribution in [0.2, 0.25) is 0 Å². The van der Waals surface area contributed by atoms with Crippen molar-refractivity contribution >= 4 is 25.8 Å². The molecule has 1 heterocycles. The third-order valence-corrected chi connectivity index (χ3v) is 9.11. The highest BCUT2D eigenvalue weighted by molar-refractivity contribution is 7.91. The van der Waals surface area contributed by atoms with E-state index in [0.29, 0.717) is 31.5 Å². The van der Waals surface area contributed by atoms with Gasteiger partial charge in [-0.05, 0) is 60.7 Å². The second-order valence-corrected chi connectivity index (χ2v) is 12.2. The molecule has 1 aliphatic rings. The minimum absolute atomic E-state index is 0.0243. The quantitative estimate of drug-likeness (QED) is 0.545. The summed E-state index contributed by atoms with van der Waals surface area (Å²) in [5.41, 5.74) is 0.485. The summed E-state index contributed by atoms with van der Waals surface area (Å²) in [6.07, 6.45) is 0.860. The number of halogens is 1. The fourth-order valence-electron chi connectivity index (χ4n) is 3.89. The van der Waals surface area contributed by atoms with Gasteiger partial charge in [-0.3, -0.25) is 4.79 Å². The Kier molecular flexibility index (Phi) is 8.12. The number of methoxy groups -OCH3 is 1. The van der Waals surface area contributed by atoms with E-state index in [2.05, 4.69) is 4.72 Å². The zero-order valence-electron chi connectivity index (χ0n) is 19.3. The van der Waals surface area contributed by atoms with Crippen LogP contribution in [0, 0.1) is 5.82 Å². The van der Waals surface area contributed by atoms with Gasteiger partial charge < -0.3 is 9.64 Å². The first-order chi connectivity index (χ1) is 16.0. The van der Waals surface area contributed by atoms with Crippen molar-refractivity contribution in [3.05, 3.63) is 53.8 Å². The first-order valence-electron chi connectivity index (χ1n) is 10.9. The van der Waals surface area contributed by atoms with Gasteiger partial charge in [-0.1, -0.05) is 19.9 Å². The molecule has 0 aromatic heterocycles. The maximum absolute atomic E-state index is 13.3. The van der Waals surface area contributed by atoms with Crippen molar-refractivity contribution in [2.24, 2.45) is 0 Å². The predicted molar refractivity (Wildman–Crippen MR) is 124 cm³/mol.